The Labute approximate surface area is 134 Å². The molecule has 0 aromatic carbocycles. The summed E-state index contributed by atoms with van der Waals surface area (Å²) in [6.07, 6.45) is 12.6. The van der Waals surface area contributed by atoms with E-state index in [1.54, 1.807) is 0 Å². The first kappa shape index (κ1) is 21.0. The van der Waals surface area contributed by atoms with Crippen LogP contribution in [0.4, 0.5) is 0 Å². The highest BCUT2D eigenvalue weighted by Crippen LogP contribution is 2.23. The molecule has 0 fully saturated rings. The predicted molar refractivity (Wildman–Crippen MR) is 95.6 cm³/mol. The van der Waals surface area contributed by atoms with Gasteiger partial charge < -0.3 is 5.11 Å². The minimum Gasteiger partial charge on any atom is -0.390 e. The Hall–Kier alpha value is -0.0400. The summed E-state index contributed by atoms with van der Waals surface area (Å²) in [5.41, 5.74) is -0.440. The highest BCUT2D eigenvalue weighted by atomic mass is 16.3. The van der Waals surface area contributed by atoms with Gasteiger partial charge in [-0.05, 0) is 37.5 Å². The Morgan fingerprint density at radius 2 is 1.19 bits per heavy atom. The smallest absolute Gasteiger partial charge is 0.0617 e. The molecule has 0 rings (SSSR count). The van der Waals surface area contributed by atoms with E-state index in [1.165, 1.54) is 51.4 Å². The fourth-order valence-electron chi connectivity index (χ4n) is 2.99. The Kier molecular flexibility index (Phi) is 11.5. The highest BCUT2D eigenvalue weighted by Gasteiger charge is 2.17. The number of hydrogen-bond donors (Lipinski definition) is 1. The first-order chi connectivity index (χ1) is 9.76. The Bertz CT molecular complexity index is 232. The van der Waals surface area contributed by atoms with Crippen molar-refractivity contribution in [2.75, 3.05) is 0 Å². The molecule has 0 saturated carbocycles. The first-order valence-corrected chi connectivity index (χ1v) is 9.49. The maximum atomic E-state index is 10.0. The van der Waals surface area contributed by atoms with Gasteiger partial charge in [-0.1, -0.05) is 86.0 Å². The second-order valence-corrected chi connectivity index (χ2v) is 8.21. The van der Waals surface area contributed by atoms with Crippen LogP contribution in [0, 0.1) is 17.8 Å². The monoisotopic (exact) mass is 298 g/mol. The molecule has 0 aliphatic carbocycles. The molecule has 0 saturated heterocycles. The van der Waals surface area contributed by atoms with E-state index in [0.29, 0.717) is 0 Å². The minimum atomic E-state index is -0.440. The third-order valence-electron chi connectivity index (χ3n) is 5.05. The summed E-state index contributed by atoms with van der Waals surface area (Å²) in [7, 11) is 0. The van der Waals surface area contributed by atoms with Gasteiger partial charge in [0.05, 0.1) is 5.60 Å². The molecule has 1 nitrogen and oxygen atoms in total. The van der Waals surface area contributed by atoms with Crippen molar-refractivity contribution in [3.05, 3.63) is 0 Å². The molecule has 0 aliphatic rings. The molecule has 0 aliphatic heterocycles. The molecule has 128 valence electrons. The third kappa shape index (κ3) is 13.4. The van der Waals surface area contributed by atoms with E-state index in [1.807, 2.05) is 6.92 Å². The molecular weight excluding hydrogens is 256 g/mol. The third-order valence-corrected chi connectivity index (χ3v) is 5.05. The van der Waals surface area contributed by atoms with Crippen molar-refractivity contribution in [1.29, 1.82) is 0 Å². The van der Waals surface area contributed by atoms with Crippen LogP contribution >= 0.6 is 0 Å². The zero-order valence-electron chi connectivity index (χ0n) is 15.8. The average Bonchev–Trinajstić information content (AvgIpc) is 2.38. The Morgan fingerprint density at radius 1 is 0.762 bits per heavy atom. The van der Waals surface area contributed by atoms with Crippen LogP contribution in [-0.4, -0.2) is 10.7 Å². The summed E-state index contributed by atoms with van der Waals surface area (Å²) >= 11 is 0. The maximum Gasteiger partial charge on any atom is 0.0617 e. The molecule has 0 radical (unpaired) electrons. The van der Waals surface area contributed by atoms with Crippen molar-refractivity contribution >= 4 is 0 Å². The molecule has 0 aromatic heterocycles. The molecule has 0 spiro atoms. The maximum absolute atomic E-state index is 10.0. The normalized spacial score (nSPS) is 17.7. The highest BCUT2D eigenvalue weighted by molar-refractivity contribution is 4.70. The van der Waals surface area contributed by atoms with Crippen molar-refractivity contribution in [1.82, 2.24) is 0 Å². The fourth-order valence-corrected chi connectivity index (χ4v) is 2.99. The first-order valence-electron chi connectivity index (χ1n) is 9.49. The second-order valence-electron chi connectivity index (χ2n) is 8.21. The average molecular weight is 299 g/mol. The van der Waals surface area contributed by atoms with E-state index < -0.39 is 5.60 Å². The molecule has 1 N–H and O–H groups in total. The van der Waals surface area contributed by atoms with Crippen LogP contribution in [0.25, 0.3) is 0 Å². The predicted octanol–water partition coefficient (Wildman–Crippen LogP) is 6.59. The van der Waals surface area contributed by atoms with Gasteiger partial charge >= 0.3 is 0 Å². The van der Waals surface area contributed by atoms with Gasteiger partial charge in [0, 0.05) is 0 Å². The van der Waals surface area contributed by atoms with E-state index in [9.17, 15) is 5.11 Å². The molecule has 3 atom stereocenters. The van der Waals surface area contributed by atoms with Gasteiger partial charge in [-0.2, -0.15) is 0 Å². The van der Waals surface area contributed by atoms with E-state index in [0.717, 1.165) is 30.6 Å². The lowest BCUT2D eigenvalue weighted by Gasteiger charge is -2.22. The molecule has 0 aromatic rings. The van der Waals surface area contributed by atoms with Crippen molar-refractivity contribution in [3.8, 4) is 0 Å². The minimum absolute atomic E-state index is 0.440. The number of rotatable bonds is 13. The summed E-state index contributed by atoms with van der Waals surface area (Å²) in [5.74, 6) is 2.58. The van der Waals surface area contributed by atoms with Gasteiger partial charge in [0.1, 0.15) is 0 Å². The Balaban J connectivity index is 3.54. The molecular formula is C20H42O. The summed E-state index contributed by atoms with van der Waals surface area (Å²) in [5, 5.41) is 10.0. The van der Waals surface area contributed by atoms with Crippen molar-refractivity contribution in [2.24, 2.45) is 17.8 Å². The standard InChI is InChI=1S/C20H42O/c1-7-20(6,21)16-10-15-19(5)14-9-13-18(4)12-8-11-17(2)3/h17-19,21H,7-16H2,1-6H3/t18-,19-,20?/m1/s1. The van der Waals surface area contributed by atoms with Crippen LogP contribution in [0.15, 0.2) is 0 Å². The van der Waals surface area contributed by atoms with E-state index >= 15 is 0 Å². The van der Waals surface area contributed by atoms with Crippen LogP contribution in [0.5, 0.6) is 0 Å². The quantitative estimate of drug-likeness (QED) is 0.407. The van der Waals surface area contributed by atoms with Gasteiger partial charge in [-0.3, -0.25) is 0 Å². The number of hydrogen-bond acceptors (Lipinski definition) is 1. The van der Waals surface area contributed by atoms with Gasteiger partial charge in [-0.15, -0.1) is 0 Å². The summed E-state index contributed by atoms with van der Waals surface area (Å²) in [4.78, 5) is 0. The van der Waals surface area contributed by atoms with Crippen LogP contribution < -0.4 is 0 Å². The van der Waals surface area contributed by atoms with Crippen LogP contribution in [0.2, 0.25) is 0 Å². The lowest BCUT2D eigenvalue weighted by Crippen LogP contribution is -2.22. The van der Waals surface area contributed by atoms with Gasteiger partial charge in [0.2, 0.25) is 0 Å². The molecule has 1 heteroatoms. The van der Waals surface area contributed by atoms with Crippen LogP contribution in [0.1, 0.15) is 106 Å². The zero-order valence-corrected chi connectivity index (χ0v) is 15.8. The van der Waals surface area contributed by atoms with Crippen molar-refractivity contribution < 1.29 is 5.11 Å². The van der Waals surface area contributed by atoms with E-state index in [2.05, 4.69) is 34.6 Å². The summed E-state index contributed by atoms with van der Waals surface area (Å²) < 4.78 is 0. The largest absolute Gasteiger partial charge is 0.390 e. The molecule has 0 bridgehead atoms. The fraction of sp³-hybridized carbons (Fsp3) is 1.00. The lowest BCUT2D eigenvalue weighted by molar-refractivity contribution is 0.0432. The molecule has 21 heavy (non-hydrogen) atoms. The van der Waals surface area contributed by atoms with Gasteiger partial charge in [0.15, 0.2) is 0 Å². The molecule has 0 heterocycles. The Morgan fingerprint density at radius 3 is 1.62 bits per heavy atom. The topological polar surface area (TPSA) is 20.2 Å². The summed E-state index contributed by atoms with van der Waals surface area (Å²) in [6.45, 7) is 13.5. The van der Waals surface area contributed by atoms with Crippen molar-refractivity contribution in [2.45, 2.75) is 111 Å². The SMILES string of the molecule is CCC(C)(O)CCC[C@H](C)CCC[C@H](C)CCCC(C)C. The van der Waals surface area contributed by atoms with E-state index in [-0.39, 0.29) is 0 Å². The second kappa shape index (κ2) is 11.5. The molecule has 0 amide bonds. The summed E-state index contributed by atoms with van der Waals surface area (Å²) in [6, 6.07) is 0. The van der Waals surface area contributed by atoms with Crippen molar-refractivity contribution in [3.63, 3.8) is 0 Å². The number of aliphatic hydroxyl groups is 1. The lowest BCUT2D eigenvalue weighted by atomic mass is 9.90. The zero-order chi connectivity index (χ0) is 16.3. The van der Waals surface area contributed by atoms with Gasteiger partial charge in [-0.25, -0.2) is 0 Å². The molecule has 1 unspecified atom stereocenters. The van der Waals surface area contributed by atoms with Gasteiger partial charge in [0.25, 0.3) is 0 Å². The van der Waals surface area contributed by atoms with E-state index in [4.69, 9.17) is 0 Å². The van der Waals surface area contributed by atoms with Crippen LogP contribution in [0.3, 0.4) is 0 Å². The van der Waals surface area contributed by atoms with Crippen LogP contribution in [-0.2, 0) is 0 Å².